The predicted octanol–water partition coefficient (Wildman–Crippen LogP) is 1.84. The first-order valence-corrected chi connectivity index (χ1v) is 6.25. The second-order valence-corrected chi connectivity index (χ2v) is 4.04. The zero-order chi connectivity index (χ0) is 14.1. The molecule has 5 nitrogen and oxygen atoms in total. The van der Waals surface area contributed by atoms with E-state index in [9.17, 15) is 0 Å². The van der Waals surface area contributed by atoms with Crippen LogP contribution < -0.4 is 19.5 Å². The number of hydrogen-bond donors (Lipinski definition) is 1. The quantitative estimate of drug-likeness (QED) is 0.693. The van der Waals surface area contributed by atoms with E-state index in [2.05, 4.69) is 5.32 Å². The van der Waals surface area contributed by atoms with Crippen LogP contribution in [-0.4, -0.2) is 41.6 Å². The van der Waals surface area contributed by atoms with Gasteiger partial charge in [0.1, 0.15) is 5.75 Å². The first-order chi connectivity index (χ1) is 9.26. The number of nitrogens with one attached hydrogen (secondary N) is 1. The van der Waals surface area contributed by atoms with E-state index in [1.165, 1.54) is 0 Å². The summed E-state index contributed by atoms with van der Waals surface area (Å²) in [5, 5.41) is 3.34. The third-order valence-electron chi connectivity index (χ3n) is 2.80. The minimum atomic E-state index is 0.669. The third-order valence-corrected chi connectivity index (χ3v) is 2.80. The van der Waals surface area contributed by atoms with Crippen LogP contribution in [0.15, 0.2) is 12.1 Å². The maximum atomic E-state index is 5.37. The highest BCUT2D eigenvalue weighted by atomic mass is 16.5. The van der Waals surface area contributed by atoms with Crippen LogP contribution in [0.25, 0.3) is 0 Å². The molecule has 1 aromatic carbocycles. The summed E-state index contributed by atoms with van der Waals surface area (Å²) in [6.45, 7) is 2.37. The van der Waals surface area contributed by atoms with E-state index in [4.69, 9.17) is 18.9 Å². The lowest BCUT2D eigenvalue weighted by atomic mass is 10.1. The molecular weight excluding hydrogens is 246 g/mol. The molecule has 5 heteroatoms. The monoisotopic (exact) mass is 269 g/mol. The van der Waals surface area contributed by atoms with Crippen LogP contribution in [-0.2, 0) is 11.3 Å². The molecule has 0 aliphatic carbocycles. The van der Waals surface area contributed by atoms with Crippen molar-refractivity contribution in [3.05, 3.63) is 17.7 Å². The molecule has 0 aliphatic heterocycles. The second kappa shape index (κ2) is 8.61. The molecule has 0 heterocycles. The second-order valence-electron chi connectivity index (χ2n) is 4.04. The first-order valence-electron chi connectivity index (χ1n) is 6.25. The average molecular weight is 269 g/mol. The molecule has 0 spiro atoms. The number of benzene rings is 1. The summed E-state index contributed by atoms with van der Waals surface area (Å²) in [7, 11) is 6.59. The molecule has 0 unspecified atom stereocenters. The van der Waals surface area contributed by atoms with Crippen molar-refractivity contribution >= 4 is 0 Å². The molecule has 1 rings (SSSR count). The fourth-order valence-corrected chi connectivity index (χ4v) is 1.80. The summed E-state index contributed by atoms with van der Waals surface area (Å²) >= 11 is 0. The Morgan fingerprint density at radius 3 is 2.11 bits per heavy atom. The fourth-order valence-electron chi connectivity index (χ4n) is 1.80. The van der Waals surface area contributed by atoms with Gasteiger partial charge in [-0.1, -0.05) is 0 Å². The summed E-state index contributed by atoms with van der Waals surface area (Å²) in [6.07, 6.45) is 0.978. The molecule has 0 saturated carbocycles. The van der Waals surface area contributed by atoms with Crippen LogP contribution in [0.5, 0.6) is 17.2 Å². The highest BCUT2D eigenvalue weighted by Crippen LogP contribution is 2.34. The molecular formula is C14H23NO4. The summed E-state index contributed by atoms with van der Waals surface area (Å²) in [4.78, 5) is 0. The molecule has 19 heavy (non-hydrogen) atoms. The molecule has 0 aromatic heterocycles. The van der Waals surface area contributed by atoms with Crippen LogP contribution in [0.4, 0.5) is 0 Å². The van der Waals surface area contributed by atoms with E-state index in [1.807, 2.05) is 12.1 Å². The van der Waals surface area contributed by atoms with Crippen molar-refractivity contribution in [1.82, 2.24) is 5.32 Å². The molecule has 0 radical (unpaired) electrons. The summed E-state index contributed by atoms with van der Waals surface area (Å²) < 4.78 is 20.9. The van der Waals surface area contributed by atoms with Gasteiger partial charge in [0, 0.05) is 31.9 Å². The van der Waals surface area contributed by atoms with E-state index >= 15 is 0 Å². The highest BCUT2D eigenvalue weighted by molar-refractivity contribution is 5.50. The van der Waals surface area contributed by atoms with Gasteiger partial charge in [0.25, 0.3) is 0 Å². The molecule has 1 N–H and O–H groups in total. The Balaban J connectivity index is 2.70. The highest BCUT2D eigenvalue weighted by Gasteiger charge is 2.11. The van der Waals surface area contributed by atoms with Gasteiger partial charge in [-0.25, -0.2) is 0 Å². The van der Waals surface area contributed by atoms with E-state index < -0.39 is 0 Å². The molecule has 0 amide bonds. The lowest BCUT2D eigenvalue weighted by molar-refractivity contribution is 0.194. The van der Waals surface area contributed by atoms with Gasteiger partial charge in [0.2, 0.25) is 0 Å². The molecule has 0 saturated heterocycles. The summed E-state index contributed by atoms with van der Waals surface area (Å²) in [6, 6.07) is 3.77. The van der Waals surface area contributed by atoms with E-state index in [0.717, 1.165) is 30.9 Å². The molecule has 0 aliphatic rings. The lowest BCUT2D eigenvalue weighted by Crippen LogP contribution is -2.16. The van der Waals surface area contributed by atoms with Crippen LogP contribution in [0.1, 0.15) is 12.0 Å². The summed E-state index contributed by atoms with van der Waals surface area (Å²) in [5.74, 6) is 2.16. The first kappa shape index (κ1) is 15.6. The van der Waals surface area contributed by atoms with Crippen molar-refractivity contribution in [2.45, 2.75) is 13.0 Å². The molecule has 0 fully saturated rings. The van der Waals surface area contributed by atoms with Gasteiger partial charge in [-0.2, -0.15) is 0 Å². The minimum Gasteiger partial charge on any atom is -0.496 e. The number of hydrogen-bond acceptors (Lipinski definition) is 5. The Kier molecular flexibility index (Phi) is 7.07. The van der Waals surface area contributed by atoms with Crippen molar-refractivity contribution in [2.75, 3.05) is 41.6 Å². The fraction of sp³-hybridized carbons (Fsp3) is 0.571. The Hall–Kier alpha value is -1.46. The van der Waals surface area contributed by atoms with Crippen molar-refractivity contribution in [2.24, 2.45) is 0 Å². The summed E-state index contributed by atoms with van der Waals surface area (Å²) in [5.41, 5.74) is 1.04. The molecule has 108 valence electrons. The van der Waals surface area contributed by atoms with E-state index in [1.54, 1.807) is 28.4 Å². The predicted molar refractivity (Wildman–Crippen MR) is 74.3 cm³/mol. The maximum absolute atomic E-state index is 5.37. The number of ether oxygens (including phenoxy) is 4. The smallest absolute Gasteiger partial charge is 0.164 e. The third kappa shape index (κ3) is 4.61. The number of methoxy groups -OCH3 is 4. The Morgan fingerprint density at radius 2 is 1.53 bits per heavy atom. The van der Waals surface area contributed by atoms with Gasteiger partial charge >= 0.3 is 0 Å². The lowest BCUT2D eigenvalue weighted by Gasteiger charge is -2.14. The largest absolute Gasteiger partial charge is 0.496 e. The van der Waals surface area contributed by atoms with Crippen LogP contribution >= 0.6 is 0 Å². The van der Waals surface area contributed by atoms with Crippen molar-refractivity contribution in [1.29, 1.82) is 0 Å². The zero-order valence-corrected chi connectivity index (χ0v) is 12.1. The van der Waals surface area contributed by atoms with Crippen molar-refractivity contribution < 1.29 is 18.9 Å². The van der Waals surface area contributed by atoms with Gasteiger partial charge in [0.05, 0.1) is 21.3 Å². The van der Waals surface area contributed by atoms with Gasteiger partial charge in [0.15, 0.2) is 11.5 Å². The van der Waals surface area contributed by atoms with Gasteiger partial charge in [-0.3, -0.25) is 0 Å². The normalized spacial score (nSPS) is 10.3. The standard InChI is InChI=1S/C14H23NO4/c1-16-7-5-6-15-10-11-8-13(18-3)14(19-4)9-12(11)17-2/h8-9,15H,5-7,10H2,1-4H3. The Morgan fingerprint density at radius 1 is 0.895 bits per heavy atom. The molecule has 1 aromatic rings. The molecule has 0 atom stereocenters. The van der Waals surface area contributed by atoms with Crippen molar-refractivity contribution in [3.8, 4) is 17.2 Å². The average Bonchev–Trinajstić information content (AvgIpc) is 2.46. The van der Waals surface area contributed by atoms with Gasteiger partial charge in [-0.05, 0) is 19.0 Å². The minimum absolute atomic E-state index is 0.669. The number of rotatable bonds is 9. The van der Waals surface area contributed by atoms with E-state index in [0.29, 0.717) is 18.0 Å². The van der Waals surface area contributed by atoms with Crippen LogP contribution in [0, 0.1) is 0 Å². The zero-order valence-electron chi connectivity index (χ0n) is 12.1. The van der Waals surface area contributed by atoms with Gasteiger partial charge < -0.3 is 24.3 Å². The van der Waals surface area contributed by atoms with E-state index in [-0.39, 0.29) is 0 Å². The van der Waals surface area contributed by atoms with Crippen LogP contribution in [0.2, 0.25) is 0 Å². The van der Waals surface area contributed by atoms with Crippen molar-refractivity contribution in [3.63, 3.8) is 0 Å². The topological polar surface area (TPSA) is 49.0 Å². The van der Waals surface area contributed by atoms with Crippen LogP contribution in [0.3, 0.4) is 0 Å². The SMILES string of the molecule is COCCCNCc1cc(OC)c(OC)cc1OC. The Labute approximate surface area is 114 Å². The van der Waals surface area contributed by atoms with Gasteiger partial charge in [-0.15, -0.1) is 0 Å². The molecule has 0 bridgehead atoms. The maximum Gasteiger partial charge on any atom is 0.164 e. The Bertz CT molecular complexity index is 382.